The first-order valence-corrected chi connectivity index (χ1v) is 5.30. The molecule has 0 amide bonds. The van der Waals surface area contributed by atoms with E-state index in [0.29, 0.717) is 18.0 Å². The molecule has 0 bridgehead atoms. The van der Waals surface area contributed by atoms with Crippen LogP contribution in [-0.2, 0) is 0 Å². The molecule has 0 fully saturated rings. The van der Waals surface area contributed by atoms with Crippen molar-refractivity contribution in [2.24, 2.45) is 37.4 Å². The Morgan fingerprint density at radius 2 is 2.11 bits per heavy atom. The smallest absolute Gasteiger partial charge is 0.213 e. The van der Waals surface area contributed by atoms with Gasteiger partial charge in [-0.2, -0.15) is 0 Å². The monoisotopic (exact) mass is 268 g/mol. The molecule has 1 aliphatic carbocycles. The SMILES string of the molecule is Cl.NC1=NC(N)(C2C=CC(O)C2)N=C2N=CN=C12. The predicted molar refractivity (Wildman–Crippen MR) is 72.4 cm³/mol. The molecule has 96 valence electrons. The van der Waals surface area contributed by atoms with E-state index >= 15 is 0 Å². The largest absolute Gasteiger partial charge is 0.389 e. The molecule has 0 saturated heterocycles. The molecular formula is C10H13ClN6O. The van der Waals surface area contributed by atoms with Gasteiger partial charge in [0.25, 0.3) is 0 Å². The summed E-state index contributed by atoms with van der Waals surface area (Å²) in [5, 5.41) is 9.47. The van der Waals surface area contributed by atoms with E-state index in [1.165, 1.54) is 6.34 Å². The van der Waals surface area contributed by atoms with Crippen LogP contribution in [-0.4, -0.2) is 40.7 Å². The number of hydrogen-bond acceptors (Lipinski definition) is 7. The molecule has 3 atom stereocenters. The first-order valence-electron chi connectivity index (χ1n) is 5.30. The highest BCUT2D eigenvalue weighted by Gasteiger charge is 2.41. The molecule has 0 aromatic carbocycles. The molecule has 0 spiro atoms. The summed E-state index contributed by atoms with van der Waals surface area (Å²) in [7, 11) is 0. The Hall–Kier alpha value is -1.57. The zero-order valence-corrected chi connectivity index (χ0v) is 10.2. The zero-order chi connectivity index (χ0) is 12.0. The Kier molecular flexibility index (Phi) is 3.05. The molecule has 3 unspecified atom stereocenters. The van der Waals surface area contributed by atoms with Gasteiger partial charge < -0.3 is 10.8 Å². The van der Waals surface area contributed by atoms with E-state index in [-0.39, 0.29) is 24.2 Å². The van der Waals surface area contributed by atoms with Crippen LogP contribution in [0.4, 0.5) is 0 Å². The van der Waals surface area contributed by atoms with Crippen LogP contribution in [0, 0.1) is 5.92 Å². The summed E-state index contributed by atoms with van der Waals surface area (Å²) in [5.74, 6) is -0.714. The van der Waals surface area contributed by atoms with E-state index in [0.717, 1.165) is 0 Å². The quantitative estimate of drug-likeness (QED) is 0.540. The summed E-state index contributed by atoms with van der Waals surface area (Å²) < 4.78 is 0. The Morgan fingerprint density at radius 1 is 1.33 bits per heavy atom. The summed E-state index contributed by atoms with van der Waals surface area (Å²) >= 11 is 0. The molecule has 0 aromatic heterocycles. The lowest BCUT2D eigenvalue weighted by Crippen LogP contribution is -2.50. The number of hydrogen-bond donors (Lipinski definition) is 3. The van der Waals surface area contributed by atoms with Crippen molar-refractivity contribution < 1.29 is 5.11 Å². The van der Waals surface area contributed by atoms with Gasteiger partial charge in [0.05, 0.1) is 6.10 Å². The average molecular weight is 269 g/mol. The Labute approximate surface area is 110 Å². The van der Waals surface area contributed by atoms with E-state index < -0.39 is 11.9 Å². The van der Waals surface area contributed by atoms with Crippen molar-refractivity contribution >= 4 is 36.1 Å². The van der Waals surface area contributed by atoms with Gasteiger partial charge in [0.15, 0.2) is 17.4 Å². The Bertz CT molecular complexity index is 522. The molecule has 2 heterocycles. The molecular weight excluding hydrogens is 256 g/mol. The van der Waals surface area contributed by atoms with Crippen molar-refractivity contribution in [1.82, 2.24) is 0 Å². The fourth-order valence-electron chi connectivity index (χ4n) is 2.12. The number of aliphatic imine (C=N–C) groups is 4. The third-order valence-corrected chi connectivity index (χ3v) is 3.01. The van der Waals surface area contributed by atoms with Gasteiger partial charge in [0.2, 0.25) is 5.79 Å². The Balaban J connectivity index is 0.00000120. The van der Waals surface area contributed by atoms with Crippen LogP contribution < -0.4 is 11.5 Å². The van der Waals surface area contributed by atoms with Crippen LogP contribution in [0.3, 0.4) is 0 Å². The lowest BCUT2D eigenvalue weighted by molar-refractivity contribution is 0.189. The number of nitrogens with zero attached hydrogens (tertiary/aromatic N) is 4. The van der Waals surface area contributed by atoms with Crippen LogP contribution in [0.5, 0.6) is 0 Å². The van der Waals surface area contributed by atoms with Crippen molar-refractivity contribution in [3.05, 3.63) is 12.2 Å². The molecule has 2 aliphatic heterocycles. The minimum Gasteiger partial charge on any atom is -0.389 e. The van der Waals surface area contributed by atoms with E-state index in [9.17, 15) is 5.11 Å². The first kappa shape index (κ1) is 12.9. The van der Waals surface area contributed by atoms with Gasteiger partial charge in [-0.05, 0) is 6.42 Å². The summed E-state index contributed by atoms with van der Waals surface area (Å²) in [6.07, 6.45) is 4.86. The lowest BCUT2D eigenvalue weighted by Gasteiger charge is -2.29. The first-order chi connectivity index (χ1) is 8.08. The van der Waals surface area contributed by atoms with E-state index in [1.54, 1.807) is 6.08 Å². The molecule has 7 nitrogen and oxygen atoms in total. The second kappa shape index (κ2) is 4.27. The third-order valence-electron chi connectivity index (χ3n) is 3.01. The maximum Gasteiger partial charge on any atom is 0.213 e. The maximum absolute atomic E-state index is 9.47. The van der Waals surface area contributed by atoms with Gasteiger partial charge in [-0.25, -0.2) is 20.0 Å². The number of nitrogens with two attached hydrogens (primary N) is 2. The number of amidine groups is 2. The number of aliphatic hydroxyl groups is 1. The summed E-state index contributed by atoms with van der Waals surface area (Å²) in [4.78, 5) is 16.4. The van der Waals surface area contributed by atoms with E-state index in [4.69, 9.17) is 11.5 Å². The topological polar surface area (TPSA) is 122 Å². The van der Waals surface area contributed by atoms with Gasteiger partial charge in [-0.3, -0.25) is 5.73 Å². The van der Waals surface area contributed by atoms with Crippen LogP contribution >= 0.6 is 12.4 Å². The lowest BCUT2D eigenvalue weighted by atomic mass is 9.99. The van der Waals surface area contributed by atoms with Gasteiger partial charge in [0.1, 0.15) is 6.34 Å². The van der Waals surface area contributed by atoms with E-state index in [1.807, 2.05) is 6.08 Å². The van der Waals surface area contributed by atoms with Crippen LogP contribution in [0.2, 0.25) is 0 Å². The molecule has 5 N–H and O–H groups in total. The van der Waals surface area contributed by atoms with Gasteiger partial charge in [0, 0.05) is 5.92 Å². The average Bonchev–Trinajstić information content (AvgIpc) is 2.86. The molecule has 3 aliphatic rings. The highest BCUT2D eigenvalue weighted by Crippen LogP contribution is 2.31. The maximum atomic E-state index is 9.47. The van der Waals surface area contributed by atoms with Crippen LogP contribution in [0.15, 0.2) is 32.1 Å². The summed E-state index contributed by atoms with van der Waals surface area (Å²) in [6, 6.07) is 0. The second-order valence-corrected chi connectivity index (χ2v) is 4.23. The molecule has 8 heteroatoms. The minimum atomic E-state index is -1.19. The molecule has 3 rings (SSSR count). The summed E-state index contributed by atoms with van der Waals surface area (Å²) in [5.41, 5.74) is 12.4. The Morgan fingerprint density at radius 3 is 2.78 bits per heavy atom. The number of rotatable bonds is 1. The highest BCUT2D eigenvalue weighted by molar-refractivity contribution is 6.70. The second-order valence-electron chi connectivity index (χ2n) is 4.23. The predicted octanol–water partition coefficient (Wildman–Crippen LogP) is -0.790. The number of halogens is 1. The zero-order valence-electron chi connectivity index (χ0n) is 9.39. The normalized spacial score (nSPS) is 36.7. The van der Waals surface area contributed by atoms with Crippen molar-refractivity contribution in [2.75, 3.05) is 0 Å². The number of aliphatic hydroxyl groups excluding tert-OH is 1. The molecule has 18 heavy (non-hydrogen) atoms. The van der Waals surface area contributed by atoms with Crippen molar-refractivity contribution in [3.63, 3.8) is 0 Å². The standard InChI is InChI=1S/C10H12N6O.ClH/c11-8-7-9(14-4-13-7)16-10(12,15-8)5-1-2-6(17)3-5;/h1-2,4-6,17H,3,12H2,(H2,11,15);1H. The van der Waals surface area contributed by atoms with Crippen LogP contribution in [0.1, 0.15) is 6.42 Å². The fourth-order valence-corrected chi connectivity index (χ4v) is 2.12. The van der Waals surface area contributed by atoms with Gasteiger partial charge in [-0.15, -0.1) is 12.4 Å². The fraction of sp³-hybridized carbons (Fsp3) is 0.400. The highest BCUT2D eigenvalue weighted by atomic mass is 35.5. The third kappa shape index (κ3) is 1.86. The van der Waals surface area contributed by atoms with Crippen LogP contribution in [0.25, 0.3) is 0 Å². The van der Waals surface area contributed by atoms with Gasteiger partial charge >= 0.3 is 0 Å². The van der Waals surface area contributed by atoms with Crippen molar-refractivity contribution in [2.45, 2.75) is 18.3 Å². The van der Waals surface area contributed by atoms with Crippen molar-refractivity contribution in [1.29, 1.82) is 0 Å². The number of fused-ring (bicyclic) bond motifs is 1. The molecule has 0 radical (unpaired) electrons. The molecule has 0 saturated carbocycles. The van der Waals surface area contributed by atoms with Crippen molar-refractivity contribution in [3.8, 4) is 0 Å². The summed E-state index contributed by atoms with van der Waals surface area (Å²) in [6.45, 7) is 0. The van der Waals surface area contributed by atoms with E-state index in [2.05, 4.69) is 20.0 Å². The minimum absolute atomic E-state index is 0. The van der Waals surface area contributed by atoms with Gasteiger partial charge in [-0.1, -0.05) is 12.2 Å². The molecule has 0 aromatic rings.